The Bertz CT molecular complexity index is 865. The smallest absolute Gasteiger partial charge is 0.410 e. The Balaban J connectivity index is 0.00000320. The van der Waals surface area contributed by atoms with Gasteiger partial charge in [-0.05, 0) is 49.4 Å². The number of nitrogens with zero attached hydrogens (tertiary/aromatic N) is 1. The van der Waals surface area contributed by atoms with Crippen molar-refractivity contribution in [3.63, 3.8) is 0 Å². The van der Waals surface area contributed by atoms with Crippen LogP contribution in [0.4, 0.5) is 9.59 Å². The summed E-state index contributed by atoms with van der Waals surface area (Å²) in [4.78, 5) is 26.0. The molecule has 1 aliphatic rings. The fourth-order valence-corrected chi connectivity index (χ4v) is 3.18. The molecule has 0 aliphatic carbocycles. The van der Waals surface area contributed by atoms with Crippen molar-refractivity contribution in [2.24, 2.45) is 0 Å². The lowest BCUT2D eigenvalue weighted by molar-refractivity contribution is 0.0523. The molecular weight excluding hydrogens is 368 g/mol. The molecule has 0 radical (unpaired) electrons. The Labute approximate surface area is 173 Å². The van der Waals surface area contributed by atoms with E-state index in [1.165, 1.54) is 5.56 Å². The van der Waals surface area contributed by atoms with E-state index in [9.17, 15) is 9.59 Å². The summed E-state index contributed by atoms with van der Waals surface area (Å²) in [5.41, 5.74) is 3.71. The molecule has 2 amide bonds. The maximum Gasteiger partial charge on any atom is 0.410 e. The van der Waals surface area contributed by atoms with E-state index in [1.54, 1.807) is 4.90 Å². The molecule has 2 aromatic carbocycles. The average Bonchev–Trinajstić information content (AvgIpc) is 2.69. The normalized spacial score (nSPS) is 13.4. The fraction of sp³-hybridized carbons (Fsp3) is 0.391. The van der Waals surface area contributed by atoms with Gasteiger partial charge < -0.3 is 19.7 Å². The van der Waals surface area contributed by atoms with Gasteiger partial charge in [0, 0.05) is 21.1 Å². The van der Waals surface area contributed by atoms with E-state index in [-0.39, 0.29) is 14.1 Å². The third-order valence-corrected chi connectivity index (χ3v) is 4.58. The lowest BCUT2D eigenvalue weighted by Crippen LogP contribution is -2.36. The summed E-state index contributed by atoms with van der Waals surface area (Å²) in [6, 6.07) is 15.7. The van der Waals surface area contributed by atoms with Crippen molar-refractivity contribution in [3.8, 4) is 0 Å². The predicted octanol–water partition coefficient (Wildman–Crippen LogP) is 4.65. The molecule has 6 nitrogen and oxygen atoms in total. The van der Waals surface area contributed by atoms with Crippen molar-refractivity contribution in [3.05, 3.63) is 70.8 Å². The van der Waals surface area contributed by atoms with Gasteiger partial charge in [-0.3, -0.25) is 0 Å². The molecule has 0 aromatic heterocycles. The topological polar surface area (TPSA) is 67.9 Å². The Morgan fingerprint density at radius 3 is 2.55 bits per heavy atom. The number of hydrogen-bond acceptors (Lipinski definition) is 4. The minimum Gasteiger partial charge on any atom is -0.445 e. The second-order valence-electron chi connectivity index (χ2n) is 8.17. The number of ether oxygens (including phenoxy) is 2. The zero-order valence-electron chi connectivity index (χ0n) is 17.2. The molecule has 0 saturated heterocycles. The molecule has 0 fully saturated rings. The summed E-state index contributed by atoms with van der Waals surface area (Å²) >= 11 is 0. The van der Waals surface area contributed by atoms with Crippen LogP contribution in [0.25, 0.3) is 0 Å². The summed E-state index contributed by atoms with van der Waals surface area (Å²) in [7, 11) is 0. The zero-order chi connectivity index (χ0) is 20.9. The van der Waals surface area contributed by atoms with Crippen LogP contribution < -0.4 is 5.32 Å². The van der Waals surface area contributed by atoms with Gasteiger partial charge in [0.25, 0.3) is 0 Å². The number of rotatable bonds is 4. The number of benzene rings is 2. The second kappa shape index (κ2) is 8.99. The number of carbonyl (C=O) groups is 2. The van der Waals surface area contributed by atoms with Crippen molar-refractivity contribution in [1.29, 1.82) is 0 Å². The van der Waals surface area contributed by atoms with Gasteiger partial charge in [0.15, 0.2) is 0 Å². The molecule has 156 valence electrons. The number of alkyl carbamates (subject to hydrolysis) is 1. The van der Waals surface area contributed by atoms with Crippen molar-refractivity contribution in [2.45, 2.75) is 52.5 Å². The molecule has 3 rings (SSSR count). The van der Waals surface area contributed by atoms with Crippen LogP contribution in [0.3, 0.4) is 0 Å². The molecule has 1 aliphatic heterocycles. The van der Waals surface area contributed by atoms with Crippen LogP contribution in [0.5, 0.6) is 0 Å². The predicted molar refractivity (Wildman–Crippen MR) is 112 cm³/mol. The maximum atomic E-state index is 12.4. The van der Waals surface area contributed by atoms with Crippen LogP contribution >= 0.6 is 0 Å². The van der Waals surface area contributed by atoms with Gasteiger partial charge in [0.1, 0.15) is 12.2 Å². The molecular formula is C23H30N2O4. The molecule has 2 aromatic rings. The van der Waals surface area contributed by atoms with E-state index in [1.807, 2.05) is 63.2 Å². The zero-order valence-corrected chi connectivity index (χ0v) is 17.2. The number of hydrogen-bond donors (Lipinski definition) is 1. The first-order valence-electron chi connectivity index (χ1n) is 9.83. The van der Waals surface area contributed by atoms with Crippen molar-refractivity contribution in [1.82, 2.24) is 10.2 Å². The minimum atomic E-state index is -0.527. The van der Waals surface area contributed by atoms with Crippen LogP contribution in [0.2, 0.25) is 0 Å². The van der Waals surface area contributed by atoms with Gasteiger partial charge >= 0.3 is 12.2 Å². The van der Waals surface area contributed by atoms with Crippen molar-refractivity contribution in [2.75, 3.05) is 6.54 Å². The summed E-state index contributed by atoms with van der Waals surface area (Å²) in [5, 5.41) is 2.77. The molecule has 1 heterocycles. The second-order valence-corrected chi connectivity index (χ2v) is 8.17. The summed E-state index contributed by atoms with van der Waals surface area (Å²) in [5.74, 6) is 0. The van der Waals surface area contributed by atoms with E-state index >= 15 is 0 Å². The quantitative estimate of drug-likeness (QED) is 0.814. The monoisotopic (exact) mass is 398 g/mol. The SMILES string of the molecule is CC(C)(C)OC(=O)NCc1ccc2c(c1)CN(C(=O)OCc1ccccc1)CC2.[HH]. The van der Waals surface area contributed by atoms with Gasteiger partial charge in [-0.1, -0.05) is 48.5 Å². The highest BCUT2D eigenvalue weighted by Crippen LogP contribution is 2.21. The van der Waals surface area contributed by atoms with Crippen molar-refractivity contribution < 1.29 is 20.5 Å². The summed E-state index contributed by atoms with van der Waals surface area (Å²) in [6.45, 7) is 7.27. The van der Waals surface area contributed by atoms with Crippen LogP contribution in [0.1, 0.15) is 44.5 Å². The van der Waals surface area contributed by atoms with Gasteiger partial charge in [-0.25, -0.2) is 9.59 Å². The van der Waals surface area contributed by atoms with Crippen LogP contribution in [-0.4, -0.2) is 29.2 Å². The Hall–Kier alpha value is -3.02. The highest BCUT2D eigenvalue weighted by atomic mass is 16.6. The number of carbonyl (C=O) groups excluding carboxylic acids is 2. The number of amides is 2. The average molecular weight is 399 g/mol. The van der Waals surface area contributed by atoms with Crippen molar-refractivity contribution >= 4 is 12.2 Å². The Morgan fingerprint density at radius 1 is 1.07 bits per heavy atom. The van der Waals surface area contributed by atoms with E-state index < -0.39 is 11.7 Å². The van der Waals surface area contributed by atoms with E-state index in [0.717, 1.165) is 23.1 Å². The van der Waals surface area contributed by atoms with Crippen LogP contribution in [0.15, 0.2) is 48.5 Å². The molecule has 6 heteroatoms. The first-order valence-corrected chi connectivity index (χ1v) is 9.83. The highest BCUT2D eigenvalue weighted by molar-refractivity contribution is 5.68. The first-order chi connectivity index (χ1) is 13.8. The van der Waals surface area contributed by atoms with Crippen LogP contribution in [-0.2, 0) is 35.6 Å². The molecule has 0 spiro atoms. The number of nitrogens with one attached hydrogen (secondary N) is 1. The van der Waals surface area contributed by atoms with E-state index in [0.29, 0.717) is 19.6 Å². The standard InChI is InChI=1S/C23H28N2O4.H2/c1-23(2,3)29-21(26)24-14-18-9-10-19-11-12-25(15-20(19)13-18)22(27)28-16-17-7-5-4-6-8-17;/h4-10,13H,11-12,14-16H2,1-3H3,(H,24,26);1H. The maximum absolute atomic E-state index is 12.4. The lowest BCUT2D eigenvalue weighted by atomic mass is 9.97. The summed E-state index contributed by atoms with van der Waals surface area (Å²) in [6.07, 6.45) is 0.0355. The van der Waals surface area contributed by atoms with Crippen LogP contribution in [0, 0.1) is 0 Å². The lowest BCUT2D eigenvalue weighted by Gasteiger charge is -2.28. The molecule has 29 heavy (non-hydrogen) atoms. The molecule has 0 unspecified atom stereocenters. The molecule has 0 bridgehead atoms. The third-order valence-electron chi connectivity index (χ3n) is 4.58. The van der Waals surface area contributed by atoms with Gasteiger partial charge in [-0.2, -0.15) is 0 Å². The van der Waals surface area contributed by atoms with Gasteiger partial charge in [-0.15, -0.1) is 0 Å². The fourth-order valence-electron chi connectivity index (χ4n) is 3.18. The molecule has 1 N–H and O–H groups in total. The highest BCUT2D eigenvalue weighted by Gasteiger charge is 2.22. The molecule has 0 saturated carbocycles. The van der Waals surface area contributed by atoms with Gasteiger partial charge in [0.05, 0.1) is 0 Å². The van der Waals surface area contributed by atoms with Gasteiger partial charge in [0.2, 0.25) is 0 Å². The third kappa shape index (κ3) is 6.24. The summed E-state index contributed by atoms with van der Waals surface area (Å²) < 4.78 is 10.7. The Morgan fingerprint density at radius 2 is 1.83 bits per heavy atom. The van der Waals surface area contributed by atoms with E-state index in [2.05, 4.69) is 11.4 Å². The number of fused-ring (bicyclic) bond motifs is 1. The largest absolute Gasteiger partial charge is 0.445 e. The Kier molecular flexibility index (Phi) is 6.42. The minimum absolute atomic E-state index is 0. The van der Waals surface area contributed by atoms with E-state index in [4.69, 9.17) is 9.47 Å². The molecule has 0 atom stereocenters. The first kappa shape index (κ1) is 20.7.